The number of anilines is 1. The number of aromatic nitrogens is 1. The summed E-state index contributed by atoms with van der Waals surface area (Å²) >= 11 is 0. The molecule has 2 aromatic carbocycles. The second-order valence-electron chi connectivity index (χ2n) is 6.16. The maximum absolute atomic E-state index is 13.1. The Morgan fingerprint density at radius 2 is 2.04 bits per heavy atom. The molecular weight excluding hydrogens is 332 g/mol. The maximum Gasteiger partial charge on any atom is 0.280 e. The van der Waals surface area contributed by atoms with Crippen LogP contribution in [-0.4, -0.2) is 25.2 Å². The Balaban J connectivity index is 1.73. The Hall–Kier alpha value is -3.28. The number of carbonyl (C=O) groups excluding carboxylic acids is 1. The van der Waals surface area contributed by atoms with E-state index in [1.165, 1.54) is 4.90 Å². The molecule has 132 valence electrons. The molecule has 6 heteroatoms. The van der Waals surface area contributed by atoms with E-state index in [2.05, 4.69) is 5.16 Å². The first-order valence-corrected chi connectivity index (χ1v) is 8.23. The second-order valence-corrected chi connectivity index (χ2v) is 6.16. The molecule has 0 radical (unpaired) electrons. The fourth-order valence-electron chi connectivity index (χ4n) is 3.08. The van der Waals surface area contributed by atoms with Gasteiger partial charge in [0.1, 0.15) is 18.1 Å². The zero-order valence-electron chi connectivity index (χ0n) is 14.8. The lowest BCUT2D eigenvalue weighted by atomic mass is 10.0. The summed E-state index contributed by atoms with van der Waals surface area (Å²) in [5, 5.41) is 4.03. The summed E-state index contributed by atoms with van der Waals surface area (Å²) in [6.45, 7) is 2.21. The molecule has 0 N–H and O–H groups in total. The topological polar surface area (TPSA) is 64.8 Å². The average molecular weight is 350 g/mol. The highest BCUT2D eigenvalue weighted by Crippen LogP contribution is 2.39. The number of nitrogens with zero attached hydrogens (tertiary/aromatic N) is 2. The summed E-state index contributed by atoms with van der Waals surface area (Å²) in [5.74, 6) is 1.65. The third kappa shape index (κ3) is 2.50. The summed E-state index contributed by atoms with van der Waals surface area (Å²) < 4.78 is 16.6. The highest BCUT2D eigenvalue weighted by atomic mass is 16.5. The summed E-state index contributed by atoms with van der Waals surface area (Å²) in [6.07, 6.45) is 0. The Morgan fingerprint density at radius 3 is 2.85 bits per heavy atom. The summed E-state index contributed by atoms with van der Waals surface area (Å²) in [4.78, 5) is 14.6. The minimum Gasteiger partial charge on any atom is -0.495 e. The molecule has 0 bridgehead atoms. The maximum atomic E-state index is 13.1. The van der Waals surface area contributed by atoms with Crippen molar-refractivity contribution >= 4 is 11.6 Å². The van der Waals surface area contributed by atoms with Crippen LogP contribution in [0.4, 0.5) is 5.69 Å². The average Bonchev–Trinajstić information content (AvgIpc) is 3.11. The van der Waals surface area contributed by atoms with Crippen LogP contribution in [0, 0.1) is 6.92 Å². The largest absolute Gasteiger partial charge is 0.495 e. The molecule has 6 nitrogen and oxygen atoms in total. The Labute approximate surface area is 150 Å². The van der Waals surface area contributed by atoms with E-state index < -0.39 is 0 Å². The van der Waals surface area contributed by atoms with Gasteiger partial charge in [-0.1, -0.05) is 23.4 Å². The van der Waals surface area contributed by atoms with Gasteiger partial charge in [0.25, 0.3) is 5.91 Å². The van der Waals surface area contributed by atoms with E-state index in [0.717, 1.165) is 16.9 Å². The molecule has 26 heavy (non-hydrogen) atoms. The summed E-state index contributed by atoms with van der Waals surface area (Å²) in [6, 6.07) is 13.2. The lowest BCUT2D eigenvalue weighted by Crippen LogP contribution is -2.28. The number of aryl methyl sites for hydroxylation is 1. The molecule has 1 aromatic heterocycles. The third-order valence-electron chi connectivity index (χ3n) is 4.49. The van der Waals surface area contributed by atoms with Gasteiger partial charge in [-0.2, -0.15) is 0 Å². The predicted octanol–water partition coefficient (Wildman–Crippen LogP) is 3.83. The molecule has 4 rings (SSSR count). The number of hydrogen-bond donors (Lipinski definition) is 0. The number of ether oxygens (including phenoxy) is 2. The number of rotatable bonds is 3. The lowest BCUT2D eigenvalue weighted by Gasteiger charge is -2.21. The van der Waals surface area contributed by atoms with Crippen molar-refractivity contribution in [3.05, 3.63) is 59.3 Å². The first-order chi connectivity index (χ1) is 12.6. The number of fused-ring (bicyclic) bond motifs is 3. The molecular formula is C20H18N2O4. The zero-order chi connectivity index (χ0) is 18.3. The van der Waals surface area contributed by atoms with Gasteiger partial charge in [-0.15, -0.1) is 0 Å². The third-order valence-corrected chi connectivity index (χ3v) is 4.49. The van der Waals surface area contributed by atoms with Crippen LogP contribution in [0.3, 0.4) is 0 Å². The van der Waals surface area contributed by atoms with Gasteiger partial charge in [-0.25, -0.2) is 0 Å². The smallest absolute Gasteiger partial charge is 0.280 e. The SMILES string of the molecule is COc1ccc(C)cc1N(C)C(=O)c1noc2c1COc1ccccc1-2. The monoisotopic (exact) mass is 350 g/mol. The van der Waals surface area contributed by atoms with Crippen LogP contribution in [-0.2, 0) is 6.61 Å². The number of amides is 1. The van der Waals surface area contributed by atoms with Crippen molar-refractivity contribution < 1.29 is 18.8 Å². The second kappa shape index (κ2) is 6.22. The van der Waals surface area contributed by atoms with E-state index in [0.29, 0.717) is 22.8 Å². The summed E-state index contributed by atoms with van der Waals surface area (Å²) in [7, 11) is 3.27. The summed E-state index contributed by atoms with van der Waals surface area (Å²) in [5.41, 5.74) is 3.41. The van der Waals surface area contributed by atoms with Crippen LogP contribution in [0.25, 0.3) is 11.3 Å². The molecule has 0 atom stereocenters. The molecule has 0 unspecified atom stereocenters. The molecule has 2 heterocycles. The normalized spacial score (nSPS) is 12.0. The van der Waals surface area contributed by atoms with Gasteiger partial charge in [-0.05, 0) is 36.8 Å². The molecule has 3 aromatic rings. The molecule has 1 aliphatic heterocycles. The fourth-order valence-corrected chi connectivity index (χ4v) is 3.08. The van der Waals surface area contributed by atoms with Crippen molar-refractivity contribution in [1.29, 1.82) is 0 Å². The van der Waals surface area contributed by atoms with E-state index in [1.54, 1.807) is 14.2 Å². The van der Waals surface area contributed by atoms with Gasteiger partial charge >= 0.3 is 0 Å². The van der Waals surface area contributed by atoms with E-state index in [1.807, 2.05) is 49.4 Å². The number of benzene rings is 2. The van der Waals surface area contributed by atoms with Gasteiger partial charge in [0.05, 0.1) is 23.9 Å². The van der Waals surface area contributed by atoms with Crippen molar-refractivity contribution in [2.45, 2.75) is 13.5 Å². The van der Waals surface area contributed by atoms with Crippen LogP contribution < -0.4 is 14.4 Å². The van der Waals surface area contributed by atoms with Crippen LogP contribution in [0.15, 0.2) is 47.0 Å². The number of methoxy groups -OCH3 is 1. The molecule has 0 saturated heterocycles. The van der Waals surface area contributed by atoms with Gasteiger partial charge in [0.15, 0.2) is 11.5 Å². The van der Waals surface area contributed by atoms with Gasteiger partial charge in [0, 0.05) is 7.05 Å². The molecule has 1 amide bonds. The van der Waals surface area contributed by atoms with Crippen LogP contribution in [0.5, 0.6) is 11.5 Å². The minimum atomic E-state index is -0.276. The van der Waals surface area contributed by atoms with Gasteiger partial charge < -0.3 is 18.9 Å². The molecule has 1 aliphatic rings. The van der Waals surface area contributed by atoms with Crippen molar-refractivity contribution in [1.82, 2.24) is 5.16 Å². The first kappa shape index (κ1) is 16.2. The highest BCUT2D eigenvalue weighted by Gasteiger charge is 2.31. The first-order valence-electron chi connectivity index (χ1n) is 8.23. The van der Waals surface area contributed by atoms with E-state index in [9.17, 15) is 4.79 Å². The van der Waals surface area contributed by atoms with E-state index in [-0.39, 0.29) is 18.2 Å². The molecule has 0 fully saturated rings. The zero-order valence-corrected chi connectivity index (χ0v) is 14.8. The minimum absolute atomic E-state index is 0.246. The predicted molar refractivity (Wildman–Crippen MR) is 96.7 cm³/mol. The standard InChI is InChI=1S/C20H18N2O4/c1-12-8-9-17(24-3)15(10-12)22(2)20(23)18-14-11-25-16-7-5-4-6-13(16)19(14)26-21-18/h4-10H,11H2,1-3H3. The number of hydrogen-bond acceptors (Lipinski definition) is 5. The van der Waals surface area contributed by atoms with Crippen molar-refractivity contribution in [3.63, 3.8) is 0 Å². The molecule has 0 saturated carbocycles. The lowest BCUT2D eigenvalue weighted by molar-refractivity contribution is 0.0981. The van der Waals surface area contributed by atoms with Crippen LogP contribution >= 0.6 is 0 Å². The van der Waals surface area contributed by atoms with Crippen LogP contribution in [0.1, 0.15) is 21.6 Å². The van der Waals surface area contributed by atoms with Gasteiger partial charge in [0.2, 0.25) is 0 Å². The Kier molecular flexibility index (Phi) is 3.88. The van der Waals surface area contributed by atoms with Crippen molar-refractivity contribution in [3.8, 4) is 22.8 Å². The fraction of sp³-hybridized carbons (Fsp3) is 0.200. The Morgan fingerprint density at radius 1 is 1.23 bits per heavy atom. The van der Waals surface area contributed by atoms with Gasteiger partial charge in [-0.3, -0.25) is 4.79 Å². The van der Waals surface area contributed by atoms with Crippen molar-refractivity contribution in [2.24, 2.45) is 0 Å². The number of para-hydroxylation sites is 1. The quantitative estimate of drug-likeness (QED) is 0.718. The Bertz CT molecular complexity index is 993. The van der Waals surface area contributed by atoms with Crippen molar-refractivity contribution in [2.75, 3.05) is 19.1 Å². The molecule has 0 aliphatic carbocycles. The molecule has 0 spiro atoms. The number of carbonyl (C=O) groups is 1. The van der Waals surface area contributed by atoms with E-state index >= 15 is 0 Å². The highest BCUT2D eigenvalue weighted by molar-refractivity contribution is 6.07. The van der Waals surface area contributed by atoms with Crippen LogP contribution in [0.2, 0.25) is 0 Å². The van der Waals surface area contributed by atoms with E-state index in [4.69, 9.17) is 14.0 Å².